The first-order valence-electron chi connectivity index (χ1n) is 3.44. The summed E-state index contributed by atoms with van der Waals surface area (Å²) in [7, 11) is 0. The van der Waals surface area contributed by atoms with E-state index in [0.29, 0.717) is 5.92 Å². The third-order valence-electron chi connectivity index (χ3n) is 1.72. The molecule has 2 N–H and O–H groups in total. The Kier molecular flexibility index (Phi) is 3.13. The second-order valence-electron chi connectivity index (χ2n) is 2.85. The summed E-state index contributed by atoms with van der Waals surface area (Å²) in [6.07, 6.45) is 0. The van der Waals surface area contributed by atoms with Crippen LogP contribution in [0.4, 0.5) is 0 Å². The molecule has 0 fully saturated rings. The van der Waals surface area contributed by atoms with Crippen LogP contribution in [-0.2, 0) is 4.79 Å². The molecule has 0 aromatic rings. The zero-order chi connectivity index (χ0) is 8.31. The topological polar surface area (TPSA) is 43.1 Å². The Balaban J connectivity index is 4.08. The molecule has 1 amide bonds. The van der Waals surface area contributed by atoms with Crippen LogP contribution >= 0.6 is 0 Å². The van der Waals surface area contributed by atoms with Crippen molar-refractivity contribution in [3.63, 3.8) is 0 Å². The molecule has 10 heavy (non-hydrogen) atoms. The van der Waals surface area contributed by atoms with Gasteiger partial charge in [-0.15, -0.1) is 0 Å². The lowest BCUT2D eigenvalue weighted by Gasteiger charge is -2.13. The fourth-order valence-electron chi connectivity index (χ4n) is 0.683. The highest BCUT2D eigenvalue weighted by Gasteiger charge is 2.14. The molecule has 2 heteroatoms. The van der Waals surface area contributed by atoms with Crippen molar-refractivity contribution in [1.82, 2.24) is 0 Å². The molecule has 0 aliphatic carbocycles. The highest BCUT2D eigenvalue weighted by atomic mass is 16.1. The number of hydrogen-bond donors (Lipinski definition) is 1. The van der Waals surface area contributed by atoms with Crippen LogP contribution in [0.2, 0.25) is 0 Å². The maximum Gasteiger partial charge on any atom is 0.224 e. The van der Waals surface area contributed by atoms with Crippen molar-refractivity contribution in [3.05, 3.63) is 12.2 Å². The molecule has 0 aliphatic heterocycles. The molecule has 0 radical (unpaired) electrons. The van der Waals surface area contributed by atoms with Gasteiger partial charge in [-0.2, -0.15) is 0 Å². The molecule has 0 bridgehead atoms. The SMILES string of the molecule is C=C(C(C)C)[C@H](C)C(N)=O. The molecule has 0 aromatic carbocycles. The van der Waals surface area contributed by atoms with E-state index in [1.807, 2.05) is 13.8 Å². The fourth-order valence-corrected chi connectivity index (χ4v) is 0.683. The second kappa shape index (κ2) is 3.40. The van der Waals surface area contributed by atoms with Gasteiger partial charge >= 0.3 is 0 Å². The monoisotopic (exact) mass is 141 g/mol. The predicted octanol–water partition coefficient (Wildman–Crippen LogP) is 1.32. The van der Waals surface area contributed by atoms with Crippen molar-refractivity contribution in [1.29, 1.82) is 0 Å². The number of carbonyl (C=O) groups excluding carboxylic acids is 1. The minimum Gasteiger partial charge on any atom is -0.369 e. The van der Waals surface area contributed by atoms with Gasteiger partial charge in [-0.1, -0.05) is 26.0 Å². The smallest absolute Gasteiger partial charge is 0.224 e. The number of carbonyl (C=O) groups is 1. The lowest BCUT2D eigenvalue weighted by molar-refractivity contribution is -0.120. The summed E-state index contributed by atoms with van der Waals surface area (Å²) in [5, 5.41) is 0. The van der Waals surface area contributed by atoms with Gasteiger partial charge in [-0.05, 0) is 12.8 Å². The van der Waals surface area contributed by atoms with E-state index in [-0.39, 0.29) is 11.8 Å². The van der Waals surface area contributed by atoms with Crippen LogP contribution in [0.15, 0.2) is 12.2 Å². The number of rotatable bonds is 3. The van der Waals surface area contributed by atoms with Crippen LogP contribution < -0.4 is 5.73 Å². The molecule has 0 saturated heterocycles. The molecule has 0 heterocycles. The van der Waals surface area contributed by atoms with Gasteiger partial charge in [0.15, 0.2) is 0 Å². The zero-order valence-electron chi connectivity index (χ0n) is 6.85. The Hall–Kier alpha value is -0.790. The van der Waals surface area contributed by atoms with Gasteiger partial charge < -0.3 is 5.73 Å². The quantitative estimate of drug-likeness (QED) is 0.592. The fraction of sp³-hybridized carbons (Fsp3) is 0.625. The lowest BCUT2D eigenvalue weighted by Crippen LogP contribution is -2.23. The van der Waals surface area contributed by atoms with E-state index in [9.17, 15) is 4.79 Å². The molecular weight excluding hydrogens is 126 g/mol. The summed E-state index contributed by atoms with van der Waals surface area (Å²) in [5.74, 6) is -0.152. The van der Waals surface area contributed by atoms with Crippen LogP contribution in [-0.4, -0.2) is 5.91 Å². The van der Waals surface area contributed by atoms with Crippen molar-refractivity contribution >= 4 is 5.91 Å². The average Bonchev–Trinajstić information content (AvgIpc) is 1.84. The van der Waals surface area contributed by atoms with Crippen molar-refractivity contribution < 1.29 is 4.79 Å². The molecule has 0 aliphatic rings. The number of amides is 1. The summed E-state index contributed by atoms with van der Waals surface area (Å²) in [4.78, 5) is 10.6. The first-order valence-corrected chi connectivity index (χ1v) is 3.44. The highest BCUT2D eigenvalue weighted by molar-refractivity contribution is 5.79. The summed E-state index contributed by atoms with van der Waals surface area (Å²) in [5.41, 5.74) is 5.98. The third-order valence-corrected chi connectivity index (χ3v) is 1.72. The summed E-state index contributed by atoms with van der Waals surface area (Å²) < 4.78 is 0. The maximum absolute atomic E-state index is 10.6. The lowest BCUT2D eigenvalue weighted by atomic mass is 9.93. The van der Waals surface area contributed by atoms with Gasteiger partial charge in [0.25, 0.3) is 0 Å². The predicted molar refractivity (Wildman–Crippen MR) is 42.3 cm³/mol. The first-order chi connectivity index (χ1) is 4.46. The van der Waals surface area contributed by atoms with E-state index in [4.69, 9.17) is 5.73 Å². The molecular formula is C8H15NO. The highest BCUT2D eigenvalue weighted by Crippen LogP contribution is 2.16. The van der Waals surface area contributed by atoms with Crippen LogP contribution in [0.3, 0.4) is 0 Å². The number of primary amides is 1. The minimum absolute atomic E-state index is 0.194. The molecule has 0 saturated carbocycles. The van der Waals surface area contributed by atoms with Gasteiger partial charge in [0.05, 0.1) is 5.92 Å². The van der Waals surface area contributed by atoms with E-state index in [2.05, 4.69) is 6.58 Å². The molecule has 1 atom stereocenters. The molecule has 0 unspecified atom stereocenters. The minimum atomic E-state index is -0.293. The van der Waals surface area contributed by atoms with Crippen LogP contribution in [0.5, 0.6) is 0 Å². The summed E-state index contributed by atoms with van der Waals surface area (Å²) in [6.45, 7) is 9.56. The normalized spacial score (nSPS) is 13.2. The number of nitrogens with two attached hydrogens (primary N) is 1. The van der Waals surface area contributed by atoms with Crippen molar-refractivity contribution in [2.24, 2.45) is 17.6 Å². The van der Waals surface area contributed by atoms with Gasteiger partial charge in [0.2, 0.25) is 5.91 Å². The Morgan fingerprint density at radius 3 is 1.90 bits per heavy atom. The Labute approximate surface area is 62.1 Å². The van der Waals surface area contributed by atoms with E-state index < -0.39 is 0 Å². The Morgan fingerprint density at radius 2 is 1.80 bits per heavy atom. The molecule has 2 nitrogen and oxygen atoms in total. The molecule has 0 spiro atoms. The first kappa shape index (κ1) is 9.21. The second-order valence-corrected chi connectivity index (χ2v) is 2.85. The van der Waals surface area contributed by atoms with Crippen molar-refractivity contribution in [2.75, 3.05) is 0 Å². The van der Waals surface area contributed by atoms with Crippen LogP contribution in [0.1, 0.15) is 20.8 Å². The zero-order valence-corrected chi connectivity index (χ0v) is 6.85. The van der Waals surface area contributed by atoms with E-state index in [1.165, 1.54) is 0 Å². The Bertz CT molecular complexity index is 149. The van der Waals surface area contributed by atoms with Gasteiger partial charge in [-0.25, -0.2) is 0 Å². The number of hydrogen-bond acceptors (Lipinski definition) is 1. The molecule has 0 aromatic heterocycles. The summed E-state index contributed by atoms with van der Waals surface area (Å²) in [6, 6.07) is 0. The molecule has 0 rings (SSSR count). The van der Waals surface area contributed by atoms with Gasteiger partial charge in [0, 0.05) is 0 Å². The van der Waals surface area contributed by atoms with Crippen molar-refractivity contribution in [2.45, 2.75) is 20.8 Å². The van der Waals surface area contributed by atoms with Crippen LogP contribution in [0, 0.1) is 11.8 Å². The van der Waals surface area contributed by atoms with Gasteiger partial charge in [0.1, 0.15) is 0 Å². The summed E-state index contributed by atoms with van der Waals surface area (Å²) >= 11 is 0. The van der Waals surface area contributed by atoms with Crippen molar-refractivity contribution in [3.8, 4) is 0 Å². The van der Waals surface area contributed by atoms with E-state index in [0.717, 1.165) is 5.57 Å². The molecule has 58 valence electrons. The van der Waals surface area contributed by atoms with E-state index >= 15 is 0 Å². The Morgan fingerprint density at radius 1 is 1.40 bits per heavy atom. The third kappa shape index (κ3) is 2.21. The van der Waals surface area contributed by atoms with E-state index in [1.54, 1.807) is 6.92 Å². The van der Waals surface area contributed by atoms with Crippen LogP contribution in [0.25, 0.3) is 0 Å². The standard InChI is InChI=1S/C8H15NO/c1-5(2)6(3)7(4)8(9)10/h5,7H,3H2,1-2,4H3,(H2,9,10)/t7-/m0/s1. The van der Waals surface area contributed by atoms with Gasteiger partial charge in [-0.3, -0.25) is 4.79 Å². The average molecular weight is 141 g/mol. The maximum atomic E-state index is 10.6. The largest absolute Gasteiger partial charge is 0.369 e.